The zero-order chi connectivity index (χ0) is 19.0. The van der Waals surface area contributed by atoms with E-state index in [9.17, 15) is 9.18 Å². The third kappa shape index (κ3) is 3.29. The zero-order valence-electron chi connectivity index (χ0n) is 14.8. The first-order chi connectivity index (χ1) is 13.0. The molecular weight excluding hydrogens is 347 g/mol. The van der Waals surface area contributed by atoms with Crippen LogP contribution in [-0.2, 0) is 0 Å². The van der Waals surface area contributed by atoms with Gasteiger partial charge in [-0.15, -0.1) is 10.2 Å². The normalized spacial score (nSPS) is 11.3. The van der Waals surface area contributed by atoms with Crippen molar-refractivity contribution in [1.82, 2.24) is 24.7 Å². The molecule has 0 spiro atoms. The van der Waals surface area contributed by atoms with Crippen LogP contribution in [-0.4, -0.2) is 30.6 Å². The summed E-state index contributed by atoms with van der Waals surface area (Å²) in [5.74, 6) is 0.296. The number of fused-ring (bicyclic) bond motifs is 1. The van der Waals surface area contributed by atoms with Crippen LogP contribution in [0.2, 0.25) is 0 Å². The van der Waals surface area contributed by atoms with Crippen molar-refractivity contribution in [3.63, 3.8) is 0 Å². The largest absolute Gasteiger partial charge is 0.350 e. The number of amides is 1. The molecule has 4 rings (SSSR count). The van der Waals surface area contributed by atoms with Gasteiger partial charge in [0.1, 0.15) is 29.4 Å². The molecule has 0 atom stereocenters. The Kier molecular flexibility index (Phi) is 4.15. The standard InChI is InChI=1S/C19H17FN6O/c1-11(2)26-10-21-25-18(26)14-4-3-5-17(23-14)24-19(27)16-8-12-6-7-13(20)9-15(12)22-16/h3-11,22H,1-2H3,(H,23,24,27). The van der Waals surface area contributed by atoms with Crippen molar-refractivity contribution in [3.05, 3.63) is 60.3 Å². The van der Waals surface area contributed by atoms with Gasteiger partial charge in [-0.2, -0.15) is 0 Å². The lowest BCUT2D eigenvalue weighted by Crippen LogP contribution is -2.13. The molecule has 8 heteroatoms. The fraction of sp³-hybridized carbons (Fsp3) is 0.158. The lowest BCUT2D eigenvalue weighted by molar-refractivity contribution is 0.102. The van der Waals surface area contributed by atoms with Crippen molar-refractivity contribution >= 4 is 22.6 Å². The number of H-pyrrole nitrogens is 1. The Hall–Kier alpha value is -3.55. The van der Waals surface area contributed by atoms with Crippen LogP contribution in [0.5, 0.6) is 0 Å². The third-order valence-corrected chi connectivity index (χ3v) is 4.18. The Morgan fingerprint density at radius 1 is 1.22 bits per heavy atom. The van der Waals surface area contributed by atoms with E-state index in [-0.39, 0.29) is 17.8 Å². The number of aromatic nitrogens is 5. The number of pyridine rings is 1. The molecule has 0 bridgehead atoms. The summed E-state index contributed by atoms with van der Waals surface area (Å²) in [6.45, 7) is 4.05. The molecule has 0 aliphatic carbocycles. The Morgan fingerprint density at radius 2 is 2.07 bits per heavy atom. The zero-order valence-corrected chi connectivity index (χ0v) is 14.8. The van der Waals surface area contributed by atoms with Gasteiger partial charge in [0.05, 0.1) is 0 Å². The molecule has 0 saturated heterocycles. The quantitative estimate of drug-likeness (QED) is 0.577. The maximum Gasteiger partial charge on any atom is 0.273 e. The van der Waals surface area contributed by atoms with E-state index in [2.05, 4.69) is 25.5 Å². The fourth-order valence-corrected chi connectivity index (χ4v) is 2.84. The lowest BCUT2D eigenvalue weighted by Gasteiger charge is -2.10. The van der Waals surface area contributed by atoms with E-state index in [4.69, 9.17) is 0 Å². The van der Waals surface area contributed by atoms with E-state index in [1.54, 1.807) is 30.6 Å². The van der Waals surface area contributed by atoms with Gasteiger partial charge in [-0.1, -0.05) is 6.07 Å². The molecule has 0 fully saturated rings. The highest BCUT2D eigenvalue weighted by Crippen LogP contribution is 2.21. The van der Waals surface area contributed by atoms with Crippen molar-refractivity contribution in [2.45, 2.75) is 19.9 Å². The third-order valence-electron chi connectivity index (χ3n) is 4.18. The maximum atomic E-state index is 13.3. The van der Waals surface area contributed by atoms with Gasteiger partial charge in [0.2, 0.25) is 0 Å². The number of aromatic amines is 1. The van der Waals surface area contributed by atoms with E-state index < -0.39 is 0 Å². The van der Waals surface area contributed by atoms with Crippen LogP contribution in [0, 0.1) is 5.82 Å². The van der Waals surface area contributed by atoms with E-state index in [0.29, 0.717) is 28.5 Å². The van der Waals surface area contributed by atoms with Gasteiger partial charge >= 0.3 is 0 Å². The molecular formula is C19H17FN6O. The molecule has 27 heavy (non-hydrogen) atoms. The summed E-state index contributed by atoms with van der Waals surface area (Å²) in [6, 6.07) is 11.5. The van der Waals surface area contributed by atoms with Crippen molar-refractivity contribution < 1.29 is 9.18 Å². The highest BCUT2D eigenvalue weighted by atomic mass is 19.1. The number of hydrogen-bond donors (Lipinski definition) is 2. The number of carbonyl (C=O) groups excluding carboxylic acids is 1. The summed E-state index contributed by atoms with van der Waals surface area (Å²) < 4.78 is 15.2. The van der Waals surface area contributed by atoms with Crippen LogP contribution < -0.4 is 5.32 Å². The Bertz CT molecular complexity index is 1130. The predicted octanol–water partition coefficient (Wildman–Crippen LogP) is 3.79. The molecule has 0 radical (unpaired) electrons. The van der Waals surface area contributed by atoms with Crippen molar-refractivity contribution in [3.8, 4) is 11.5 Å². The minimum atomic E-state index is -0.361. The summed E-state index contributed by atoms with van der Waals surface area (Å²) in [6.07, 6.45) is 1.65. The molecule has 0 saturated carbocycles. The first-order valence-electron chi connectivity index (χ1n) is 8.48. The summed E-state index contributed by atoms with van der Waals surface area (Å²) in [5.41, 5.74) is 1.50. The summed E-state index contributed by atoms with van der Waals surface area (Å²) >= 11 is 0. The lowest BCUT2D eigenvalue weighted by atomic mass is 10.2. The topological polar surface area (TPSA) is 88.5 Å². The highest BCUT2D eigenvalue weighted by Gasteiger charge is 2.14. The number of nitrogens with zero attached hydrogens (tertiary/aromatic N) is 4. The van der Waals surface area contributed by atoms with Gasteiger partial charge in [0.25, 0.3) is 5.91 Å². The van der Waals surface area contributed by atoms with Crippen LogP contribution in [0.25, 0.3) is 22.4 Å². The van der Waals surface area contributed by atoms with Crippen molar-refractivity contribution in [1.29, 1.82) is 0 Å². The number of hydrogen-bond acceptors (Lipinski definition) is 4. The average molecular weight is 364 g/mol. The summed E-state index contributed by atoms with van der Waals surface area (Å²) in [4.78, 5) is 19.9. The number of halogens is 1. The molecule has 0 unspecified atom stereocenters. The molecule has 4 aromatic rings. The van der Waals surface area contributed by atoms with Gasteiger partial charge in [0.15, 0.2) is 5.82 Å². The second-order valence-electron chi connectivity index (χ2n) is 6.43. The number of benzene rings is 1. The molecule has 7 nitrogen and oxygen atoms in total. The maximum absolute atomic E-state index is 13.3. The number of carbonyl (C=O) groups is 1. The van der Waals surface area contributed by atoms with Gasteiger partial charge in [-0.3, -0.25) is 4.79 Å². The number of anilines is 1. The SMILES string of the molecule is CC(C)n1cnnc1-c1cccc(NC(=O)c2cc3ccc(F)cc3[nH]2)n1. The molecule has 3 aromatic heterocycles. The monoisotopic (exact) mass is 364 g/mol. The van der Waals surface area contributed by atoms with Gasteiger partial charge in [-0.05, 0) is 50.2 Å². The van der Waals surface area contributed by atoms with Crippen LogP contribution in [0.4, 0.5) is 10.2 Å². The molecule has 136 valence electrons. The van der Waals surface area contributed by atoms with Crippen LogP contribution >= 0.6 is 0 Å². The number of nitrogens with one attached hydrogen (secondary N) is 2. The Labute approximate surface area is 154 Å². The molecule has 3 heterocycles. The second-order valence-corrected chi connectivity index (χ2v) is 6.43. The van der Waals surface area contributed by atoms with E-state index in [1.807, 2.05) is 24.5 Å². The minimum absolute atomic E-state index is 0.182. The van der Waals surface area contributed by atoms with Crippen molar-refractivity contribution in [2.24, 2.45) is 0 Å². The molecule has 2 N–H and O–H groups in total. The highest BCUT2D eigenvalue weighted by molar-refractivity contribution is 6.05. The van der Waals surface area contributed by atoms with E-state index >= 15 is 0 Å². The Balaban J connectivity index is 1.60. The van der Waals surface area contributed by atoms with Crippen LogP contribution in [0.15, 0.2) is 48.8 Å². The minimum Gasteiger partial charge on any atom is -0.350 e. The molecule has 0 aliphatic heterocycles. The van der Waals surface area contributed by atoms with E-state index in [1.165, 1.54) is 12.1 Å². The van der Waals surface area contributed by atoms with Gasteiger partial charge in [0, 0.05) is 16.9 Å². The van der Waals surface area contributed by atoms with Crippen molar-refractivity contribution in [2.75, 3.05) is 5.32 Å². The molecule has 1 amide bonds. The smallest absolute Gasteiger partial charge is 0.273 e. The predicted molar refractivity (Wildman–Crippen MR) is 99.8 cm³/mol. The van der Waals surface area contributed by atoms with Gasteiger partial charge in [-0.25, -0.2) is 9.37 Å². The summed E-state index contributed by atoms with van der Waals surface area (Å²) in [7, 11) is 0. The van der Waals surface area contributed by atoms with Gasteiger partial charge < -0.3 is 14.9 Å². The molecule has 1 aromatic carbocycles. The first kappa shape index (κ1) is 16.9. The number of rotatable bonds is 4. The van der Waals surface area contributed by atoms with E-state index in [0.717, 1.165) is 5.39 Å². The van der Waals surface area contributed by atoms with Crippen LogP contribution in [0.1, 0.15) is 30.4 Å². The first-order valence-corrected chi connectivity index (χ1v) is 8.48. The average Bonchev–Trinajstić information content (AvgIpc) is 3.28. The summed E-state index contributed by atoms with van der Waals surface area (Å²) in [5, 5.41) is 11.6. The Morgan fingerprint density at radius 3 is 2.89 bits per heavy atom. The second kappa shape index (κ2) is 6.64. The molecule has 0 aliphatic rings. The fourth-order valence-electron chi connectivity index (χ4n) is 2.84. The van der Waals surface area contributed by atoms with Crippen LogP contribution in [0.3, 0.4) is 0 Å².